The molecule has 25 heavy (non-hydrogen) atoms. The molecule has 5 heteroatoms. The molecule has 0 radical (unpaired) electrons. The zero-order chi connectivity index (χ0) is 18.4. The summed E-state index contributed by atoms with van der Waals surface area (Å²) >= 11 is 3.49. The average molecular weight is 409 g/mol. The van der Waals surface area contributed by atoms with Gasteiger partial charge < -0.3 is 10.1 Å². The SMILES string of the molecule is CC(C)=CCN1CCC(NC(=O)C(C)Oc2ccc(C)cc2Br)CC1. The second kappa shape index (κ2) is 9.39. The fourth-order valence-electron chi connectivity index (χ4n) is 2.84. The Bertz CT molecular complexity index is 618. The number of rotatable bonds is 6. The molecule has 0 spiro atoms. The van der Waals surface area contributed by atoms with Gasteiger partial charge in [-0.15, -0.1) is 0 Å². The maximum Gasteiger partial charge on any atom is 0.260 e. The lowest BCUT2D eigenvalue weighted by Crippen LogP contribution is -2.48. The highest BCUT2D eigenvalue weighted by Gasteiger charge is 2.23. The Balaban J connectivity index is 1.79. The Morgan fingerprint density at radius 3 is 2.68 bits per heavy atom. The Kier molecular flexibility index (Phi) is 7.51. The van der Waals surface area contributed by atoms with Crippen LogP contribution >= 0.6 is 15.9 Å². The largest absolute Gasteiger partial charge is 0.480 e. The zero-order valence-electron chi connectivity index (χ0n) is 15.6. The molecule has 0 aromatic heterocycles. The van der Waals surface area contributed by atoms with Gasteiger partial charge in [-0.1, -0.05) is 17.7 Å². The molecule has 1 amide bonds. The van der Waals surface area contributed by atoms with Crippen LogP contribution in [0.15, 0.2) is 34.3 Å². The van der Waals surface area contributed by atoms with Gasteiger partial charge >= 0.3 is 0 Å². The van der Waals surface area contributed by atoms with Crippen molar-refractivity contribution < 1.29 is 9.53 Å². The number of hydrogen-bond donors (Lipinski definition) is 1. The first-order valence-corrected chi connectivity index (χ1v) is 9.73. The van der Waals surface area contributed by atoms with E-state index in [1.165, 1.54) is 5.57 Å². The van der Waals surface area contributed by atoms with Crippen molar-refractivity contribution in [3.63, 3.8) is 0 Å². The highest BCUT2D eigenvalue weighted by atomic mass is 79.9. The van der Waals surface area contributed by atoms with Gasteiger partial charge in [0.05, 0.1) is 4.47 Å². The Morgan fingerprint density at radius 2 is 2.08 bits per heavy atom. The Morgan fingerprint density at radius 1 is 1.40 bits per heavy atom. The van der Waals surface area contributed by atoms with Gasteiger partial charge in [-0.05, 0) is 74.2 Å². The van der Waals surface area contributed by atoms with Gasteiger partial charge in [-0.25, -0.2) is 0 Å². The van der Waals surface area contributed by atoms with Gasteiger partial charge in [0.1, 0.15) is 5.75 Å². The molecule has 4 nitrogen and oxygen atoms in total. The van der Waals surface area contributed by atoms with Crippen LogP contribution in [0.3, 0.4) is 0 Å². The van der Waals surface area contributed by atoms with Crippen LogP contribution in [0.25, 0.3) is 0 Å². The summed E-state index contributed by atoms with van der Waals surface area (Å²) in [5.41, 5.74) is 2.50. The first-order chi connectivity index (χ1) is 11.8. The van der Waals surface area contributed by atoms with E-state index in [1.807, 2.05) is 25.1 Å². The van der Waals surface area contributed by atoms with Gasteiger partial charge in [0, 0.05) is 25.7 Å². The van der Waals surface area contributed by atoms with Crippen LogP contribution in [0.1, 0.15) is 39.2 Å². The summed E-state index contributed by atoms with van der Waals surface area (Å²) in [5, 5.41) is 3.13. The zero-order valence-corrected chi connectivity index (χ0v) is 17.2. The number of ether oxygens (including phenoxy) is 1. The second-order valence-corrected chi connectivity index (χ2v) is 7.91. The van der Waals surface area contributed by atoms with Gasteiger partial charge in [0.25, 0.3) is 5.91 Å². The number of likely N-dealkylation sites (tertiary alicyclic amines) is 1. The van der Waals surface area contributed by atoms with E-state index in [9.17, 15) is 4.79 Å². The number of hydrogen-bond acceptors (Lipinski definition) is 3. The molecule has 0 aliphatic carbocycles. The normalized spacial score (nSPS) is 17.0. The molecule has 1 saturated heterocycles. The van der Waals surface area contributed by atoms with Crippen molar-refractivity contribution in [3.05, 3.63) is 39.9 Å². The molecular formula is C20H29BrN2O2. The van der Waals surface area contributed by atoms with Gasteiger partial charge in [-0.3, -0.25) is 9.69 Å². The standard InChI is InChI=1S/C20H29BrN2O2/c1-14(2)7-10-23-11-8-17(9-12-23)22-20(24)16(4)25-19-6-5-15(3)13-18(19)21/h5-7,13,16-17H,8-12H2,1-4H3,(H,22,24). The number of allylic oxidation sites excluding steroid dienone is 1. The summed E-state index contributed by atoms with van der Waals surface area (Å²) in [5.74, 6) is 0.653. The lowest BCUT2D eigenvalue weighted by Gasteiger charge is -2.32. The lowest BCUT2D eigenvalue weighted by atomic mass is 10.0. The lowest BCUT2D eigenvalue weighted by molar-refractivity contribution is -0.128. The fraction of sp³-hybridized carbons (Fsp3) is 0.550. The summed E-state index contributed by atoms with van der Waals surface area (Å²) in [6, 6.07) is 6.10. The van der Waals surface area contributed by atoms with E-state index >= 15 is 0 Å². The van der Waals surface area contributed by atoms with Crippen molar-refractivity contribution in [2.75, 3.05) is 19.6 Å². The van der Waals surface area contributed by atoms with E-state index in [4.69, 9.17) is 4.74 Å². The van der Waals surface area contributed by atoms with Crippen molar-refractivity contribution in [2.45, 2.75) is 52.7 Å². The number of carbonyl (C=O) groups is 1. The number of amides is 1. The average Bonchev–Trinajstić information content (AvgIpc) is 2.56. The molecule has 1 fully saturated rings. The van der Waals surface area contributed by atoms with E-state index in [0.29, 0.717) is 5.75 Å². The Hall–Kier alpha value is -1.33. The molecule has 1 unspecified atom stereocenters. The third-order valence-electron chi connectivity index (χ3n) is 4.45. The van der Waals surface area contributed by atoms with Crippen molar-refractivity contribution in [3.8, 4) is 5.75 Å². The number of nitrogens with zero attached hydrogens (tertiary/aromatic N) is 1. The molecule has 1 aliphatic rings. The minimum absolute atomic E-state index is 0.0461. The quantitative estimate of drug-likeness (QED) is 0.721. The summed E-state index contributed by atoms with van der Waals surface area (Å²) in [4.78, 5) is 14.8. The maximum atomic E-state index is 12.4. The third kappa shape index (κ3) is 6.48. The molecule has 2 rings (SSSR count). The summed E-state index contributed by atoms with van der Waals surface area (Å²) in [7, 11) is 0. The predicted molar refractivity (Wildman–Crippen MR) is 106 cm³/mol. The fourth-order valence-corrected chi connectivity index (χ4v) is 3.42. The van der Waals surface area contributed by atoms with Crippen LogP contribution in [-0.4, -0.2) is 42.6 Å². The number of aryl methyl sites for hydroxylation is 1. The summed E-state index contributed by atoms with van der Waals surface area (Å²) < 4.78 is 6.69. The monoisotopic (exact) mass is 408 g/mol. The molecule has 1 aromatic rings. The number of halogens is 1. The molecule has 1 aromatic carbocycles. The van der Waals surface area contributed by atoms with Gasteiger partial charge in [-0.2, -0.15) is 0 Å². The number of nitrogens with one attached hydrogen (secondary N) is 1. The highest BCUT2D eigenvalue weighted by Crippen LogP contribution is 2.26. The first-order valence-electron chi connectivity index (χ1n) is 8.94. The molecule has 1 heterocycles. The minimum atomic E-state index is -0.511. The third-order valence-corrected chi connectivity index (χ3v) is 5.07. The van der Waals surface area contributed by atoms with E-state index < -0.39 is 6.10 Å². The summed E-state index contributed by atoms with van der Waals surface area (Å²) in [6.07, 6.45) is 3.73. The molecule has 1 N–H and O–H groups in total. The van der Waals surface area contributed by atoms with Crippen molar-refractivity contribution >= 4 is 21.8 Å². The van der Waals surface area contributed by atoms with Gasteiger partial charge in [0.2, 0.25) is 0 Å². The molecular weight excluding hydrogens is 380 g/mol. The van der Waals surface area contributed by atoms with E-state index in [2.05, 4.69) is 46.1 Å². The topological polar surface area (TPSA) is 41.6 Å². The highest BCUT2D eigenvalue weighted by molar-refractivity contribution is 9.10. The van der Waals surface area contributed by atoms with Crippen LogP contribution < -0.4 is 10.1 Å². The van der Waals surface area contributed by atoms with E-state index in [0.717, 1.165) is 42.5 Å². The molecule has 1 aliphatic heterocycles. The first kappa shape index (κ1) is 20.0. The van der Waals surface area contributed by atoms with E-state index in [1.54, 1.807) is 6.92 Å². The van der Waals surface area contributed by atoms with Crippen LogP contribution in [0.5, 0.6) is 5.75 Å². The van der Waals surface area contributed by atoms with Gasteiger partial charge in [0.15, 0.2) is 6.10 Å². The smallest absolute Gasteiger partial charge is 0.260 e. The van der Waals surface area contributed by atoms with Crippen molar-refractivity contribution in [2.24, 2.45) is 0 Å². The molecule has 0 bridgehead atoms. The predicted octanol–water partition coefficient (Wildman–Crippen LogP) is 4.07. The second-order valence-electron chi connectivity index (χ2n) is 7.06. The number of piperidine rings is 1. The van der Waals surface area contributed by atoms with Crippen molar-refractivity contribution in [1.82, 2.24) is 10.2 Å². The molecule has 138 valence electrons. The van der Waals surface area contributed by atoms with Crippen LogP contribution in [0.2, 0.25) is 0 Å². The van der Waals surface area contributed by atoms with Crippen molar-refractivity contribution in [1.29, 1.82) is 0 Å². The molecule has 0 saturated carbocycles. The number of carbonyl (C=O) groups excluding carboxylic acids is 1. The van der Waals surface area contributed by atoms with Crippen LogP contribution in [0.4, 0.5) is 0 Å². The molecule has 1 atom stereocenters. The maximum absolute atomic E-state index is 12.4. The van der Waals surface area contributed by atoms with Crippen LogP contribution in [-0.2, 0) is 4.79 Å². The number of benzene rings is 1. The minimum Gasteiger partial charge on any atom is -0.480 e. The summed E-state index contributed by atoms with van der Waals surface area (Å²) in [6.45, 7) is 11.1. The Labute approximate surface area is 159 Å². The van der Waals surface area contributed by atoms with E-state index in [-0.39, 0.29) is 11.9 Å². The van der Waals surface area contributed by atoms with Crippen LogP contribution in [0, 0.1) is 6.92 Å².